The fourth-order valence-electron chi connectivity index (χ4n) is 1.92. The summed E-state index contributed by atoms with van der Waals surface area (Å²) in [6, 6.07) is 11.7. The third kappa shape index (κ3) is 3.80. The molecular formula is C16H16N4OS2. The van der Waals surface area contributed by atoms with E-state index in [0.29, 0.717) is 12.4 Å². The number of nitrogens with zero attached hydrogens (tertiary/aromatic N) is 4. The summed E-state index contributed by atoms with van der Waals surface area (Å²) in [6.07, 6.45) is 3.79. The van der Waals surface area contributed by atoms with E-state index in [-0.39, 0.29) is 0 Å². The van der Waals surface area contributed by atoms with Gasteiger partial charge in [-0.2, -0.15) is 9.78 Å². The molecule has 118 valence electrons. The van der Waals surface area contributed by atoms with Gasteiger partial charge in [0.2, 0.25) is 5.16 Å². The quantitative estimate of drug-likeness (QED) is 0.504. The molecule has 3 aromatic rings. The van der Waals surface area contributed by atoms with Crippen LogP contribution < -0.4 is 4.74 Å². The maximum Gasteiger partial charge on any atom is 0.211 e. The lowest BCUT2D eigenvalue weighted by atomic mass is 10.3. The number of ether oxygens (including phenoxy) is 1. The second-order valence-electron chi connectivity index (χ2n) is 4.73. The summed E-state index contributed by atoms with van der Waals surface area (Å²) in [7, 11) is 0. The molecule has 3 rings (SSSR count). The average molecular weight is 344 g/mol. The normalized spacial score (nSPS) is 11.2. The van der Waals surface area contributed by atoms with Crippen LogP contribution in [0.2, 0.25) is 0 Å². The summed E-state index contributed by atoms with van der Waals surface area (Å²) < 4.78 is 7.48. The average Bonchev–Trinajstić information content (AvgIpc) is 3.17. The number of para-hydroxylation sites is 1. The molecule has 1 aromatic carbocycles. The molecular weight excluding hydrogens is 328 g/mol. The van der Waals surface area contributed by atoms with E-state index in [0.717, 1.165) is 15.8 Å². The second kappa shape index (κ2) is 7.43. The van der Waals surface area contributed by atoms with Crippen LogP contribution in [0.3, 0.4) is 0 Å². The highest BCUT2D eigenvalue weighted by atomic mass is 32.2. The molecule has 0 saturated heterocycles. The zero-order valence-electron chi connectivity index (χ0n) is 12.8. The number of hydrogen-bond acceptors (Lipinski definition) is 6. The number of thiophene rings is 1. The van der Waals surface area contributed by atoms with E-state index >= 15 is 0 Å². The van der Waals surface area contributed by atoms with Gasteiger partial charge in [0.1, 0.15) is 12.4 Å². The highest BCUT2D eigenvalue weighted by molar-refractivity contribution is 7.98. The van der Waals surface area contributed by atoms with Gasteiger partial charge in [0, 0.05) is 0 Å². The van der Waals surface area contributed by atoms with Gasteiger partial charge >= 0.3 is 0 Å². The molecule has 0 N–H and O–H groups in total. The summed E-state index contributed by atoms with van der Waals surface area (Å²) in [6.45, 7) is 2.39. The first-order valence-corrected chi connectivity index (χ1v) is 9.13. The zero-order valence-corrected chi connectivity index (χ0v) is 14.5. The minimum atomic E-state index is 0.318. The van der Waals surface area contributed by atoms with Crippen molar-refractivity contribution in [2.75, 3.05) is 6.26 Å². The van der Waals surface area contributed by atoms with Crippen LogP contribution in [0.15, 0.2) is 52.0 Å². The van der Waals surface area contributed by atoms with E-state index in [1.54, 1.807) is 16.0 Å². The Labute approximate surface area is 143 Å². The van der Waals surface area contributed by atoms with Crippen LogP contribution in [0, 0.1) is 6.92 Å². The van der Waals surface area contributed by atoms with Crippen LogP contribution in [0.4, 0.5) is 0 Å². The number of benzene rings is 1. The Morgan fingerprint density at radius 3 is 2.78 bits per heavy atom. The van der Waals surface area contributed by atoms with Crippen LogP contribution in [0.1, 0.15) is 16.3 Å². The smallest absolute Gasteiger partial charge is 0.211 e. The SMILES string of the molecule is CSc1nnc(COc2ccccc2)n1/N=C\c1sccc1C. The van der Waals surface area contributed by atoms with Crippen LogP contribution >= 0.6 is 23.1 Å². The molecule has 0 saturated carbocycles. The fraction of sp³-hybridized carbons (Fsp3) is 0.188. The molecule has 0 fully saturated rings. The monoisotopic (exact) mass is 344 g/mol. The van der Waals surface area contributed by atoms with Crippen LogP contribution in [0.25, 0.3) is 0 Å². The number of hydrogen-bond donors (Lipinski definition) is 0. The standard InChI is InChI=1S/C16H16N4OS2/c1-12-8-9-23-14(12)10-17-20-15(18-19-16(20)22-2)11-21-13-6-4-3-5-7-13/h3-10H,11H2,1-2H3/b17-10-. The van der Waals surface area contributed by atoms with E-state index in [2.05, 4.69) is 33.7 Å². The molecule has 0 aliphatic rings. The van der Waals surface area contributed by atoms with E-state index < -0.39 is 0 Å². The summed E-state index contributed by atoms with van der Waals surface area (Å²) in [5, 5.41) is 15.7. The Kier molecular flexibility index (Phi) is 5.09. The van der Waals surface area contributed by atoms with Crippen molar-refractivity contribution in [3.8, 4) is 5.75 Å². The van der Waals surface area contributed by atoms with Crippen molar-refractivity contribution in [2.24, 2.45) is 5.10 Å². The van der Waals surface area contributed by atoms with Crippen LogP contribution in [-0.4, -0.2) is 27.3 Å². The molecule has 0 spiro atoms. The van der Waals surface area contributed by atoms with Gasteiger partial charge < -0.3 is 4.74 Å². The van der Waals surface area contributed by atoms with E-state index in [4.69, 9.17) is 4.74 Å². The highest BCUT2D eigenvalue weighted by Gasteiger charge is 2.11. The van der Waals surface area contributed by atoms with E-state index in [9.17, 15) is 0 Å². The van der Waals surface area contributed by atoms with Gasteiger partial charge in [-0.1, -0.05) is 30.0 Å². The Bertz CT molecular complexity index is 796. The lowest BCUT2D eigenvalue weighted by Gasteiger charge is -2.05. The van der Waals surface area contributed by atoms with Crippen LogP contribution in [0.5, 0.6) is 5.75 Å². The lowest BCUT2D eigenvalue weighted by Crippen LogP contribution is -2.04. The molecule has 2 heterocycles. The van der Waals surface area contributed by atoms with Crippen molar-refractivity contribution >= 4 is 29.3 Å². The topological polar surface area (TPSA) is 52.3 Å². The molecule has 0 amide bonds. The predicted molar refractivity (Wildman–Crippen MR) is 94.6 cm³/mol. The molecule has 5 nitrogen and oxygen atoms in total. The number of aromatic nitrogens is 3. The van der Waals surface area contributed by atoms with Gasteiger partial charge in [-0.15, -0.1) is 21.5 Å². The Balaban J connectivity index is 1.80. The van der Waals surface area contributed by atoms with Crippen molar-refractivity contribution in [3.05, 3.63) is 58.0 Å². The highest BCUT2D eigenvalue weighted by Crippen LogP contribution is 2.17. The maximum absolute atomic E-state index is 5.75. The zero-order chi connectivity index (χ0) is 16.1. The van der Waals surface area contributed by atoms with Crippen molar-refractivity contribution in [1.82, 2.24) is 14.9 Å². The van der Waals surface area contributed by atoms with Gasteiger partial charge in [-0.05, 0) is 42.3 Å². The number of rotatable bonds is 6. The summed E-state index contributed by atoms with van der Waals surface area (Å²) in [5.74, 6) is 1.47. The minimum absolute atomic E-state index is 0.318. The molecule has 7 heteroatoms. The van der Waals surface area contributed by atoms with Gasteiger partial charge in [0.15, 0.2) is 5.82 Å². The van der Waals surface area contributed by atoms with Gasteiger partial charge in [0.25, 0.3) is 0 Å². The number of thioether (sulfide) groups is 1. The molecule has 0 radical (unpaired) electrons. The molecule has 2 aromatic heterocycles. The lowest BCUT2D eigenvalue weighted by molar-refractivity contribution is 0.290. The van der Waals surface area contributed by atoms with E-state index in [1.807, 2.05) is 42.8 Å². The Morgan fingerprint density at radius 2 is 2.09 bits per heavy atom. The molecule has 23 heavy (non-hydrogen) atoms. The maximum atomic E-state index is 5.75. The Hall–Kier alpha value is -2.12. The third-order valence-electron chi connectivity index (χ3n) is 3.16. The van der Waals surface area contributed by atoms with Crippen molar-refractivity contribution in [1.29, 1.82) is 0 Å². The first kappa shape index (κ1) is 15.8. The second-order valence-corrected chi connectivity index (χ2v) is 6.45. The molecule has 0 aliphatic carbocycles. The molecule has 0 bridgehead atoms. The van der Waals surface area contributed by atoms with Crippen molar-refractivity contribution in [3.63, 3.8) is 0 Å². The summed E-state index contributed by atoms with van der Waals surface area (Å²) in [5.41, 5.74) is 1.21. The molecule has 0 atom stereocenters. The molecule has 0 unspecified atom stereocenters. The summed E-state index contributed by atoms with van der Waals surface area (Å²) in [4.78, 5) is 1.13. The fourth-order valence-corrected chi connectivity index (χ4v) is 3.15. The summed E-state index contributed by atoms with van der Waals surface area (Å²) >= 11 is 3.16. The first-order valence-electron chi connectivity index (χ1n) is 7.02. The minimum Gasteiger partial charge on any atom is -0.486 e. The largest absolute Gasteiger partial charge is 0.486 e. The van der Waals surface area contributed by atoms with Crippen molar-refractivity contribution < 1.29 is 4.74 Å². The van der Waals surface area contributed by atoms with E-state index in [1.165, 1.54) is 17.3 Å². The van der Waals surface area contributed by atoms with Gasteiger partial charge in [-0.25, -0.2) is 0 Å². The van der Waals surface area contributed by atoms with Crippen LogP contribution in [-0.2, 0) is 6.61 Å². The third-order valence-corrected chi connectivity index (χ3v) is 4.74. The molecule has 0 aliphatic heterocycles. The van der Waals surface area contributed by atoms with Gasteiger partial charge in [-0.3, -0.25) is 0 Å². The van der Waals surface area contributed by atoms with Crippen molar-refractivity contribution in [2.45, 2.75) is 18.7 Å². The number of aryl methyl sites for hydroxylation is 1. The van der Waals surface area contributed by atoms with Gasteiger partial charge in [0.05, 0.1) is 11.1 Å². The Morgan fingerprint density at radius 1 is 1.26 bits per heavy atom. The predicted octanol–water partition coefficient (Wildman–Crippen LogP) is 3.83. The first-order chi connectivity index (χ1) is 11.3.